The Bertz CT molecular complexity index is 1060. The molecule has 3 aromatic rings. The van der Waals surface area contributed by atoms with Gasteiger partial charge in [-0.3, -0.25) is 0 Å². The zero-order chi connectivity index (χ0) is 19.6. The first-order valence-corrected chi connectivity index (χ1v) is 8.69. The molecule has 0 unspecified atom stereocenters. The van der Waals surface area contributed by atoms with Gasteiger partial charge in [-0.15, -0.1) is 5.11 Å². The first-order chi connectivity index (χ1) is 12.9. The van der Waals surface area contributed by atoms with Crippen LogP contribution in [0, 0.1) is 20.8 Å². The number of nitrogens with one attached hydrogen (secondary N) is 2. The van der Waals surface area contributed by atoms with Gasteiger partial charge >= 0.3 is 6.03 Å². The van der Waals surface area contributed by atoms with Gasteiger partial charge in [-0.25, -0.2) is 4.79 Å². The fourth-order valence-electron chi connectivity index (χ4n) is 3.17. The summed E-state index contributed by atoms with van der Waals surface area (Å²) in [5.74, 6) is 0. The van der Waals surface area contributed by atoms with E-state index in [2.05, 4.69) is 53.8 Å². The van der Waals surface area contributed by atoms with E-state index in [0.717, 1.165) is 22.3 Å². The number of aryl methyl sites for hydroxylation is 3. The van der Waals surface area contributed by atoms with E-state index in [1.807, 2.05) is 18.2 Å². The van der Waals surface area contributed by atoms with Crippen molar-refractivity contribution >= 4 is 39.6 Å². The predicted octanol–water partition coefficient (Wildman–Crippen LogP) is 5.71. The highest BCUT2D eigenvalue weighted by atomic mass is 16.2. The SMILES string of the molecule is CNc1ccc(N=Nc2cc(C)c3cc(C)cc(C)c3c2)c(NC(N)=O)c1. The number of primary amides is 1. The van der Waals surface area contributed by atoms with Gasteiger partial charge in [0.05, 0.1) is 11.4 Å². The van der Waals surface area contributed by atoms with Gasteiger partial charge in [-0.1, -0.05) is 17.7 Å². The Hall–Kier alpha value is -3.41. The molecule has 0 radical (unpaired) electrons. The van der Waals surface area contributed by atoms with Gasteiger partial charge in [-0.05, 0) is 73.0 Å². The van der Waals surface area contributed by atoms with Crippen LogP contribution in [0.5, 0.6) is 0 Å². The van der Waals surface area contributed by atoms with Crippen LogP contribution in [0.3, 0.4) is 0 Å². The van der Waals surface area contributed by atoms with Gasteiger partial charge in [0.2, 0.25) is 0 Å². The standard InChI is InChI=1S/C21H23N5O/c1-12-7-13(2)18-10-16(9-14(3)17(18)8-12)25-26-19-6-5-15(23-4)11-20(19)24-21(22)27/h5-11,23H,1-4H3,(H3,22,24,27). The Morgan fingerprint density at radius 3 is 2.33 bits per heavy atom. The summed E-state index contributed by atoms with van der Waals surface area (Å²) >= 11 is 0. The van der Waals surface area contributed by atoms with Crippen LogP contribution in [0.1, 0.15) is 16.7 Å². The zero-order valence-corrected chi connectivity index (χ0v) is 15.9. The third-order valence-electron chi connectivity index (χ3n) is 4.43. The van der Waals surface area contributed by atoms with Crippen molar-refractivity contribution in [3.05, 3.63) is 59.2 Å². The third-order valence-corrected chi connectivity index (χ3v) is 4.43. The highest BCUT2D eigenvalue weighted by molar-refractivity contribution is 5.93. The monoisotopic (exact) mass is 361 g/mol. The summed E-state index contributed by atoms with van der Waals surface area (Å²) in [6.45, 7) is 6.27. The van der Waals surface area contributed by atoms with Crippen LogP contribution in [-0.2, 0) is 0 Å². The van der Waals surface area contributed by atoms with E-state index in [-0.39, 0.29) is 0 Å². The fraction of sp³-hybridized carbons (Fsp3) is 0.190. The Kier molecular flexibility index (Phi) is 5.07. The number of benzene rings is 3. The summed E-state index contributed by atoms with van der Waals surface area (Å²) in [5.41, 5.74) is 11.5. The van der Waals surface area contributed by atoms with Crippen molar-refractivity contribution < 1.29 is 4.79 Å². The molecular formula is C21H23N5O. The smallest absolute Gasteiger partial charge is 0.316 e. The van der Waals surface area contributed by atoms with Gasteiger partial charge in [0.1, 0.15) is 5.69 Å². The number of hydrogen-bond acceptors (Lipinski definition) is 4. The van der Waals surface area contributed by atoms with Crippen LogP contribution in [0.4, 0.5) is 27.5 Å². The molecule has 0 aliphatic rings. The molecule has 3 rings (SSSR count). The molecule has 0 fully saturated rings. The number of nitrogens with two attached hydrogens (primary N) is 1. The van der Waals surface area contributed by atoms with Crippen molar-refractivity contribution in [2.45, 2.75) is 20.8 Å². The Balaban J connectivity index is 2.02. The molecule has 0 heterocycles. The molecule has 0 aliphatic carbocycles. The maximum Gasteiger partial charge on any atom is 0.316 e. The number of amides is 2. The normalized spacial score (nSPS) is 11.1. The summed E-state index contributed by atoms with van der Waals surface area (Å²) < 4.78 is 0. The van der Waals surface area contributed by atoms with E-state index < -0.39 is 6.03 Å². The number of carbonyl (C=O) groups excluding carboxylic acids is 1. The number of hydrogen-bond donors (Lipinski definition) is 3. The highest BCUT2D eigenvalue weighted by Crippen LogP contribution is 2.32. The van der Waals surface area contributed by atoms with E-state index in [1.165, 1.54) is 16.5 Å². The molecule has 0 saturated heterocycles. The average Bonchev–Trinajstić information content (AvgIpc) is 2.61. The van der Waals surface area contributed by atoms with Crippen molar-refractivity contribution in [3.8, 4) is 0 Å². The molecule has 0 atom stereocenters. The van der Waals surface area contributed by atoms with Crippen LogP contribution in [0.15, 0.2) is 52.7 Å². The summed E-state index contributed by atoms with van der Waals surface area (Å²) in [7, 11) is 1.80. The molecule has 0 bridgehead atoms. The van der Waals surface area contributed by atoms with Gasteiger partial charge in [0.25, 0.3) is 0 Å². The topological polar surface area (TPSA) is 91.9 Å². The highest BCUT2D eigenvalue weighted by Gasteiger charge is 2.07. The molecular weight excluding hydrogens is 338 g/mol. The summed E-state index contributed by atoms with van der Waals surface area (Å²) in [4.78, 5) is 11.3. The van der Waals surface area contributed by atoms with Crippen LogP contribution in [0.25, 0.3) is 10.8 Å². The largest absolute Gasteiger partial charge is 0.388 e. The minimum Gasteiger partial charge on any atom is -0.388 e. The maximum atomic E-state index is 11.3. The summed E-state index contributed by atoms with van der Waals surface area (Å²) in [6.07, 6.45) is 0. The van der Waals surface area contributed by atoms with Gasteiger partial charge < -0.3 is 16.4 Å². The van der Waals surface area contributed by atoms with E-state index >= 15 is 0 Å². The van der Waals surface area contributed by atoms with Gasteiger partial charge in [-0.2, -0.15) is 5.11 Å². The third kappa shape index (κ3) is 4.06. The Morgan fingerprint density at radius 2 is 1.63 bits per heavy atom. The van der Waals surface area contributed by atoms with Crippen molar-refractivity contribution in [1.82, 2.24) is 0 Å². The molecule has 3 aromatic carbocycles. The number of nitrogens with zero attached hydrogens (tertiary/aromatic N) is 2. The second kappa shape index (κ2) is 7.45. The number of fused-ring (bicyclic) bond motifs is 1. The number of anilines is 2. The minimum absolute atomic E-state index is 0.502. The quantitative estimate of drug-likeness (QED) is 0.519. The molecule has 6 heteroatoms. The minimum atomic E-state index is -0.646. The van der Waals surface area contributed by atoms with E-state index in [0.29, 0.717) is 11.4 Å². The molecule has 138 valence electrons. The van der Waals surface area contributed by atoms with Gasteiger partial charge in [0.15, 0.2) is 0 Å². The van der Waals surface area contributed by atoms with Crippen molar-refractivity contribution in [3.63, 3.8) is 0 Å². The average molecular weight is 361 g/mol. The lowest BCUT2D eigenvalue weighted by molar-refractivity contribution is 0.259. The second-order valence-electron chi connectivity index (χ2n) is 6.61. The van der Waals surface area contributed by atoms with Crippen molar-refractivity contribution in [1.29, 1.82) is 0 Å². The van der Waals surface area contributed by atoms with Crippen LogP contribution >= 0.6 is 0 Å². The summed E-state index contributed by atoms with van der Waals surface area (Å²) in [5, 5.41) is 16.7. The van der Waals surface area contributed by atoms with Crippen molar-refractivity contribution in [2.75, 3.05) is 17.7 Å². The van der Waals surface area contributed by atoms with Crippen LogP contribution < -0.4 is 16.4 Å². The molecule has 0 aliphatic heterocycles. The predicted molar refractivity (Wildman–Crippen MR) is 112 cm³/mol. The first-order valence-electron chi connectivity index (χ1n) is 8.69. The second-order valence-corrected chi connectivity index (χ2v) is 6.61. The fourth-order valence-corrected chi connectivity index (χ4v) is 3.17. The van der Waals surface area contributed by atoms with Crippen molar-refractivity contribution in [2.24, 2.45) is 16.0 Å². The number of carbonyl (C=O) groups is 1. The van der Waals surface area contributed by atoms with Gasteiger partial charge in [0, 0.05) is 12.7 Å². The Morgan fingerprint density at radius 1 is 0.926 bits per heavy atom. The lowest BCUT2D eigenvalue weighted by Crippen LogP contribution is -2.19. The molecule has 0 saturated carbocycles. The number of azo groups is 1. The molecule has 0 aromatic heterocycles. The maximum absolute atomic E-state index is 11.3. The molecule has 6 nitrogen and oxygen atoms in total. The summed E-state index contributed by atoms with van der Waals surface area (Å²) in [6, 6.07) is 13.1. The van der Waals surface area contributed by atoms with E-state index in [9.17, 15) is 4.79 Å². The molecule has 27 heavy (non-hydrogen) atoms. The van der Waals surface area contributed by atoms with Crippen LogP contribution in [0.2, 0.25) is 0 Å². The van der Waals surface area contributed by atoms with E-state index in [1.54, 1.807) is 19.2 Å². The lowest BCUT2D eigenvalue weighted by atomic mass is 9.98. The molecule has 4 N–H and O–H groups in total. The molecule has 0 spiro atoms. The number of rotatable bonds is 4. The van der Waals surface area contributed by atoms with Crippen LogP contribution in [-0.4, -0.2) is 13.1 Å². The molecule has 2 amide bonds. The Labute approximate surface area is 158 Å². The zero-order valence-electron chi connectivity index (χ0n) is 15.9. The lowest BCUT2D eigenvalue weighted by Gasteiger charge is -2.09. The number of urea groups is 1. The first kappa shape index (κ1) is 18.4. The van der Waals surface area contributed by atoms with E-state index in [4.69, 9.17) is 5.73 Å².